The number of amides is 2. The number of carbonyl (C=O) groups is 2. The number of anilines is 1. The van der Waals surface area contributed by atoms with Crippen LogP contribution in [0.3, 0.4) is 0 Å². The summed E-state index contributed by atoms with van der Waals surface area (Å²) in [5.74, 6) is -1.97. The summed E-state index contributed by atoms with van der Waals surface area (Å²) in [5, 5.41) is 28.4. The highest BCUT2D eigenvalue weighted by Crippen LogP contribution is 2.31. The number of aromatic nitrogens is 2. The summed E-state index contributed by atoms with van der Waals surface area (Å²) in [6, 6.07) is 13.1. The normalized spacial score (nSPS) is 12.8. The summed E-state index contributed by atoms with van der Waals surface area (Å²) >= 11 is 0. The molecule has 31 heavy (non-hydrogen) atoms. The summed E-state index contributed by atoms with van der Waals surface area (Å²) in [6.07, 6.45) is 3.15. The fourth-order valence-corrected chi connectivity index (χ4v) is 2.88. The average Bonchev–Trinajstić information content (AvgIpc) is 3.50. The van der Waals surface area contributed by atoms with Crippen molar-refractivity contribution < 1.29 is 19.6 Å². The number of hydrogen-bond acceptors (Lipinski definition) is 7. The van der Waals surface area contributed by atoms with E-state index < -0.39 is 16.7 Å². The third kappa shape index (κ3) is 4.45. The maximum Gasteiger partial charge on any atom is 0.294 e. The van der Waals surface area contributed by atoms with Crippen molar-refractivity contribution in [2.75, 3.05) is 5.32 Å². The summed E-state index contributed by atoms with van der Waals surface area (Å²) in [6.45, 7) is 0. The van der Waals surface area contributed by atoms with Crippen LogP contribution in [0.5, 0.6) is 5.75 Å². The molecule has 1 aromatic heterocycles. The molecular formula is C20H18N6O5. The van der Waals surface area contributed by atoms with Gasteiger partial charge in [-0.3, -0.25) is 30.6 Å². The van der Waals surface area contributed by atoms with E-state index in [9.17, 15) is 24.8 Å². The Morgan fingerprint density at radius 1 is 1.10 bits per heavy atom. The topological polar surface area (TPSA) is 151 Å². The van der Waals surface area contributed by atoms with Gasteiger partial charge in [-0.15, -0.1) is 0 Å². The van der Waals surface area contributed by atoms with E-state index in [1.54, 1.807) is 24.3 Å². The number of hydrogen-bond donors (Lipinski definition) is 4. The largest absolute Gasteiger partial charge is 0.504 e. The number of hydrazine groups is 1. The molecule has 0 unspecified atom stereocenters. The van der Waals surface area contributed by atoms with Gasteiger partial charge >= 0.3 is 0 Å². The van der Waals surface area contributed by atoms with Crippen LogP contribution in [0.15, 0.2) is 54.7 Å². The number of carbonyl (C=O) groups excluding carboxylic acids is 2. The quantitative estimate of drug-likeness (QED) is 0.351. The zero-order valence-electron chi connectivity index (χ0n) is 16.1. The number of rotatable bonds is 6. The highest BCUT2D eigenvalue weighted by Gasteiger charge is 2.26. The van der Waals surface area contributed by atoms with Gasteiger partial charge in [0, 0.05) is 17.7 Å². The molecule has 1 aliphatic rings. The average molecular weight is 422 g/mol. The Labute approximate surface area is 175 Å². The number of benzene rings is 2. The predicted octanol–water partition coefficient (Wildman–Crippen LogP) is 2.14. The Bertz CT molecular complexity index is 1160. The second-order valence-corrected chi connectivity index (χ2v) is 6.96. The molecule has 3 aromatic rings. The van der Waals surface area contributed by atoms with Gasteiger partial charge in [-0.05, 0) is 37.1 Å². The summed E-state index contributed by atoms with van der Waals surface area (Å²) in [5.41, 5.74) is 4.76. The number of nitrogens with one attached hydrogen (secondary N) is 3. The van der Waals surface area contributed by atoms with E-state index in [0.717, 1.165) is 18.9 Å². The monoisotopic (exact) mass is 422 g/mol. The molecule has 1 aliphatic carbocycles. The fraction of sp³-hybridized carbons (Fsp3) is 0.150. The van der Waals surface area contributed by atoms with Crippen molar-refractivity contribution in [1.29, 1.82) is 0 Å². The number of nitro benzene ring substituents is 1. The van der Waals surface area contributed by atoms with Crippen molar-refractivity contribution in [1.82, 2.24) is 20.6 Å². The molecule has 4 N–H and O–H groups in total. The summed E-state index contributed by atoms with van der Waals surface area (Å²) < 4.78 is 1.32. The molecule has 11 heteroatoms. The lowest BCUT2D eigenvalue weighted by molar-refractivity contribution is -0.384. The second kappa shape index (κ2) is 8.14. The summed E-state index contributed by atoms with van der Waals surface area (Å²) in [7, 11) is 0. The number of aromatic hydroxyl groups is 1. The molecule has 0 bridgehead atoms. The Balaban J connectivity index is 1.44. The Morgan fingerprint density at radius 2 is 1.81 bits per heavy atom. The van der Waals surface area contributed by atoms with Gasteiger partial charge in [0.25, 0.3) is 17.5 Å². The van der Waals surface area contributed by atoms with E-state index in [2.05, 4.69) is 21.3 Å². The Morgan fingerprint density at radius 3 is 2.48 bits per heavy atom. The summed E-state index contributed by atoms with van der Waals surface area (Å²) in [4.78, 5) is 35.4. The highest BCUT2D eigenvalue weighted by atomic mass is 16.6. The predicted molar refractivity (Wildman–Crippen MR) is 110 cm³/mol. The van der Waals surface area contributed by atoms with Crippen molar-refractivity contribution in [3.8, 4) is 11.4 Å². The van der Waals surface area contributed by atoms with Gasteiger partial charge in [0.2, 0.25) is 0 Å². The van der Waals surface area contributed by atoms with Crippen LogP contribution >= 0.6 is 0 Å². The molecule has 0 atom stereocenters. The molecule has 1 saturated carbocycles. The molecule has 11 nitrogen and oxygen atoms in total. The van der Waals surface area contributed by atoms with E-state index in [4.69, 9.17) is 0 Å². The fourth-order valence-electron chi connectivity index (χ4n) is 2.88. The minimum absolute atomic E-state index is 0.00705. The van der Waals surface area contributed by atoms with Crippen molar-refractivity contribution in [2.24, 2.45) is 0 Å². The third-order valence-corrected chi connectivity index (χ3v) is 4.61. The van der Waals surface area contributed by atoms with Crippen LogP contribution in [0.2, 0.25) is 0 Å². The first-order valence-corrected chi connectivity index (χ1v) is 9.42. The van der Waals surface area contributed by atoms with Gasteiger partial charge in [0.05, 0.1) is 16.8 Å². The van der Waals surface area contributed by atoms with Crippen LogP contribution in [-0.4, -0.2) is 37.7 Å². The first-order chi connectivity index (χ1) is 14.9. The number of nitro groups is 1. The molecule has 0 spiro atoms. The number of para-hydroxylation sites is 1. The van der Waals surface area contributed by atoms with Crippen molar-refractivity contribution in [3.63, 3.8) is 0 Å². The molecule has 1 heterocycles. The standard InChI is InChI=1S/C20H18N6O5/c27-17-11-25(14-4-2-1-3-5-14)24-18(17)20(29)23-22-19(28)12-6-9-15(21-13-7-8-13)16(10-12)26(30)31/h1-6,9-11,13,21,27H,7-8H2,(H,22,28)(H,23,29). The molecule has 158 valence electrons. The van der Waals surface area contributed by atoms with Gasteiger partial charge < -0.3 is 10.4 Å². The minimum Gasteiger partial charge on any atom is -0.504 e. The first-order valence-electron chi connectivity index (χ1n) is 9.42. The minimum atomic E-state index is -0.845. The SMILES string of the molecule is O=C(NNC(=O)c1nn(-c2ccccc2)cc1O)c1ccc(NC2CC2)c([N+](=O)[O-])c1. The molecule has 1 fully saturated rings. The van der Waals surface area contributed by atoms with Crippen LogP contribution in [0.1, 0.15) is 33.7 Å². The van der Waals surface area contributed by atoms with E-state index >= 15 is 0 Å². The molecule has 0 saturated heterocycles. The van der Waals surface area contributed by atoms with Gasteiger partial charge in [-0.2, -0.15) is 5.10 Å². The van der Waals surface area contributed by atoms with Crippen molar-refractivity contribution in [2.45, 2.75) is 18.9 Å². The second-order valence-electron chi connectivity index (χ2n) is 6.96. The van der Waals surface area contributed by atoms with E-state index in [0.29, 0.717) is 11.4 Å². The van der Waals surface area contributed by atoms with Gasteiger partial charge in [0.1, 0.15) is 5.69 Å². The van der Waals surface area contributed by atoms with Crippen LogP contribution in [0.4, 0.5) is 11.4 Å². The van der Waals surface area contributed by atoms with Crippen LogP contribution < -0.4 is 16.2 Å². The highest BCUT2D eigenvalue weighted by molar-refractivity contribution is 6.00. The van der Waals surface area contributed by atoms with E-state index in [-0.39, 0.29) is 28.7 Å². The Kier molecular flexibility index (Phi) is 5.22. The van der Waals surface area contributed by atoms with Crippen molar-refractivity contribution >= 4 is 23.2 Å². The molecule has 2 amide bonds. The first kappa shape index (κ1) is 19.9. The zero-order valence-corrected chi connectivity index (χ0v) is 16.1. The van der Waals surface area contributed by atoms with Crippen LogP contribution in [0, 0.1) is 10.1 Å². The smallest absolute Gasteiger partial charge is 0.294 e. The van der Waals surface area contributed by atoms with E-state index in [1.165, 1.54) is 23.0 Å². The van der Waals surface area contributed by atoms with Crippen LogP contribution in [-0.2, 0) is 0 Å². The Hall–Kier alpha value is -4.41. The lowest BCUT2D eigenvalue weighted by Crippen LogP contribution is -2.41. The molecule has 0 aliphatic heterocycles. The lowest BCUT2D eigenvalue weighted by atomic mass is 10.1. The zero-order chi connectivity index (χ0) is 22.0. The van der Waals surface area contributed by atoms with Crippen LogP contribution in [0.25, 0.3) is 5.69 Å². The molecule has 4 rings (SSSR count). The molecular weight excluding hydrogens is 404 g/mol. The van der Waals surface area contributed by atoms with Gasteiger partial charge in [-0.25, -0.2) is 4.68 Å². The molecule has 0 radical (unpaired) electrons. The van der Waals surface area contributed by atoms with Gasteiger partial charge in [0.15, 0.2) is 11.4 Å². The maximum atomic E-state index is 12.4. The number of nitrogens with zero attached hydrogens (tertiary/aromatic N) is 3. The third-order valence-electron chi connectivity index (χ3n) is 4.61. The maximum absolute atomic E-state index is 12.4. The van der Waals surface area contributed by atoms with Gasteiger partial charge in [-0.1, -0.05) is 18.2 Å². The lowest BCUT2D eigenvalue weighted by Gasteiger charge is -2.09. The van der Waals surface area contributed by atoms with E-state index in [1.807, 2.05) is 6.07 Å². The van der Waals surface area contributed by atoms with Crippen molar-refractivity contribution in [3.05, 3.63) is 76.1 Å². The molecule has 2 aromatic carbocycles.